The fourth-order valence-electron chi connectivity index (χ4n) is 2.87. The zero-order valence-corrected chi connectivity index (χ0v) is 11.1. The van der Waals surface area contributed by atoms with Crippen molar-refractivity contribution in [1.82, 2.24) is 0 Å². The van der Waals surface area contributed by atoms with Crippen LogP contribution in [0.1, 0.15) is 18.1 Å². The van der Waals surface area contributed by atoms with Crippen LogP contribution in [0.2, 0.25) is 0 Å². The highest BCUT2D eigenvalue weighted by atomic mass is 19.1. The van der Waals surface area contributed by atoms with Crippen LogP contribution in [0.3, 0.4) is 0 Å². The molecule has 4 heteroatoms. The van der Waals surface area contributed by atoms with Crippen LogP contribution in [0.15, 0.2) is 22.6 Å². The highest BCUT2D eigenvalue weighted by Gasteiger charge is 2.27. The lowest BCUT2D eigenvalue weighted by Gasteiger charge is -2.03. The van der Waals surface area contributed by atoms with Gasteiger partial charge >= 0.3 is 0 Å². The summed E-state index contributed by atoms with van der Waals surface area (Å²) in [6.45, 7) is 3.55. The molecule has 0 bridgehead atoms. The average Bonchev–Trinajstić information content (AvgIpc) is 2.96. The molecule has 20 heavy (non-hydrogen) atoms. The van der Waals surface area contributed by atoms with Crippen molar-refractivity contribution in [3.63, 3.8) is 0 Å². The second kappa shape index (κ2) is 3.72. The van der Waals surface area contributed by atoms with E-state index in [0.29, 0.717) is 22.8 Å². The van der Waals surface area contributed by atoms with Crippen molar-refractivity contribution in [3.05, 3.63) is 41.0 Å². The van der Waals surface area contributed by atoms with Gasteiger partial charge in [-0.3, -0.25) is 0 Å². The highest BCUT2D eigenvalue weighted by Crippen LogP contribution is 2.41. The predicted molar refractivity (Wildman–Crippen MR) is 72.2 cm³/mol. The Hall–Kier alpha value is -2.10. The Morgan fingerprint density at radius 2 is 1.85 bits per heavy atom. The first kappa shape index (κ1) is 11.7. The van der Waals surface area contributed by atoms with Gasteiger partial charge in [0.25, 0.3) is 0 Å². The standard InChI is InChI=1S/C16H12F2O2/c1-7-3-4-10-11-6-9-5-8(2)19-14(9)13(18)16(11)20-15(10)12(7)17/h3-4,6,8H,5H2,1-2H3. The van der Waals surface area contributed by atoms with Crippen LogP contribution in [0.5, 0.6) is 5.75 Å². The van der Waals surface area contributed by atoms with E-state index in [9.17, 15) is 8.78 Å². The molecule has 0 aliphatic carbocycles. The Bertz CT molecular complexity index is 864. The number of benzene rings is 2. The molecule has 0 N–H and O–H groups in total. The van der Waals surface area contributed by atoms with E-state index in [1.165, 1.54) is 0 Å². The number of fused-ring (bicyclic) bond motifs is 4. The number of hydrogen-bond donors (Lipinski definition) is 0. The highest BCUT2D eigenvalue weighted by molar-refractivity contribution is 6.06. The maximum absolute atomic E-state index is 14.5. The minimum atomic E-state index is -0.532. The van der Waals surface area contributed by atoms with Gasteiger partial charge in [-0.15, -0.1) is 0 Å². The monoisotopic (exact) mass is 274 g/mol. The molecule has 2 heterocycles. The van der Waals surface area contributed by atoms with Crippen LogP contribution in [0.25, 0.3) is 21.9 Å². The minimum Gasteiger partial charge on any atom is -0.487 e. The van der Waals surface area contributed by atoms with Crippen LogP contribution in [0.4, 0.5) is 8.78 Å². The van der Waals surface area contributed by atoms with Gasteiger partial charge in [0.15, 0.2) is 22.7 Å². The fraction of sp³-hybridized carbons (Fsp3) is 0.250. The summed E-state index contributed by atoms with van der Waals surface area (Å²) in [7, 11) is 0. The van der Waals surface area contributed by atoms with E-state index in [-0.39, 0.29) is 23.0 Å². The quantitative estimate of drug-likeness (QED) is 0.602. The van der Waals surface area contributed by atoms with Crippen molar-refractivity contribution in [2.45, 2.75) is 26.4 Å². The van der Waals surface area contributed by atoms with Gasteiger partial charge < -0.3 is 9.15 Å². The van der Waals surface area contributed by atoms with E-state index in [0.717, 1.165) is 5.56 Å². The number of ether oxygens (including phenoxy) is 1. The summed E-state index contributed by atoms with van der Waals surface area (Å²) >= 11 is 0. The van der Waals surface area contributed by atoms with E-state index >= 15 is 0 Å². The van der Waals surface area contributed by atoms with Gasteiger partial charge in [-0.2, -0.15) is 4.39 Å². The number of hydrogen-bond acceptors (Lipinski definition) is 2. The first-order valence-corrected chi connectivity index (χ1v) is 6.55. The lowest BCUT2D eigenvalue weighted by atomic mass is 10.0. The molecule has 0 radical (unpaired) electrons. The van der Waals surface area contributed by atoms with Gasteiger partial charge in [0.05, 0.1) is 0 Å². The summed E-state index contributed by atoms with van der Waals surface area (Å²) in [4.78, 5) is 0. The van der Waals surface area contributed by atoms with E-state index < -0.39 is 11.6 Å². The van der Waals surface area contributed by atoms with Crippen LogP contribution in [-0.4, -0.2) is 6.10 Å². The van der Waals surface area contributed by atoms with Crippen LogP contribution in [-0.2, 0) is 6.42 Å². The largest absolute Gasteiger partial charge is 0.487 e. The Kier molecular flexibility index (Phi) is 2.18. The van der Waals surface area contributed by atoms with Crippen LogP contribution in [0, 0.1) is 18.6 Å². The molecule has 3 aromatic rings. The summed E-state index contributed by atoms with van der Waals surface area (Å²) in [6.07, 6.45) is 0.611. The molecule has 0 saturated carbocycles. The fourth-order valence-corrected chi connectivity index (χ4v) is 2.87. The summed E-state index contributed by atoms with van der Waals surface area (Å²) in [5.74, 6) is -0.733. The average molecular weight is 274 g/mol. The number of aryl methyl sites for hydroxylation is 1. The molecule has 1 unspecified atom stereocenters. The van der Waals surface area contributed by atoms with Gasteiger partial charge in [0.1, 0.15) is 6.10 Å². The molecule has 2 aromatic carbocycles. The second-order valence-corrected chi connectivity index (χ2v) is 5.36. The van der Waals surface area contributed by atoms with Gasteiger partial charge in [-0.05, 0) is 25.5 Å². The van der Waals surface area contributed by atoms with Gasteiger partial charge in [-0.25, -0.2) is 4.39 Å². The Balaban J connectivity index is 2.15. The molecule has 1 aliphatic heterocycles. The topological polar surface area (TPSA) is 22.4 Å². The second-order valence-electron chi connectivity index (χ2n) is 5.36. The van der Waals surface area contributed by atoms with Crippen molar-refractivity contribution in [2.24, 2.45) is 0 Å². The zero-order chi connectivity index (χ0) is 14.0. The van der Waals surface area contributed by atoms with Crippen molar-refractivity contribution in [2.75, 3.05) is 0 Å². The van der Waals surface area contributed by atoms with Crippen molar-refractivity contribution >= 4 is 21.9 Å². The Morgan fingerprint density at radius 3 is 2.65 bits per heavy atom. The van der Waals surface area contributed by atoms with E-state index in [4.69, 9.17) is 9.15 Å². The Morgan fingerprint density at radius 1 is 1.10 bits per heavy atom. The molecule has 1 aliphatic rings. The third kappa shape index (κ3) is 1.36. The molecule has 0 amide bonds. The lowest BCUT2D eigenvalue weighted by Crippen LogP contribution is -2.05. The van der Waals surface area contributed by atoms with Gasteiger partial charge in [-0.1, -0.05) is 12.1 Å². The molecule has 0 spiro atoms. The minimum absolute atomic E-state index is 0.0451. The molecule has 102 valence electrons. The van der Waals surface area contributed by atoms with E-state index in [2.05, 4.69) is 0 Å². The van der Waals surface area contributed by atoms with Crippen molar-refractivity contribution in [3.8, 4) is 5.75 Å². The first-order chi connectivity index (χ1) is 9.56. The summed E-state index contributed by atoms with van der Waals surface area (Å²) < 4.78 is 39.4. The molecular formula is C16H12F2O2. The van der Waals surface area contributed by atoms with E-state index in [1.54, 1.807) is 19.1 Å². The molecular weight excluding hydrogens is 262 g/mol. The molecule has 1 aromatic heterocycles. The SMILES string of the molecule is Cc1ccc2c(oc3c(F)c4c(cc32)CC(C)O4)c1F. The third-order valence-electron chi connectivity index (χ3n) is 3.86. The van der Waals surface area contributed by atoms with Crippen molar-refractivity contribution < 1.29 is 17.9 Å². The zero-order valence-electron chi connectivity index (χ0n) is 11.1. The smallest absolute Gasteiger partial charge is 0.208 e. The lowest BCUT2D eigenvalue weighted by molar-refractivity contribution is 0.245. The number of furan rings is 1. The maximum atomic E-state index is 14.5. The normalized spacial score (nSPS) is 17.7. The summed E-state index contributed by atoms with van der Waals surface area (Å²) in [6, 6.07) is 5.29. The van der Waals surface area contributed by atoms with Crippen LogP contribution >= 0.6 is 0 Å². The molecule has 1 atom stereocenters. The molecule has 2 nitrogen and oxygen atoms in total. The predicted octanol–water partition coefficient (Wildman–Crippen LogP) is 4.50. The molecule has 4 rings (SSSR count). The maximum Gasteiger partial charge on any atom is 0.208 e. The third-order valence-corrected chi connectivity index (χ3v) is 3.86. The molecule has 0 fully saturated rings. The summed E-state index contributed by atoms with van der Waals surface area (Å²) in [5, 5.41) is 1.21. The van der Waals surface area contributed by atoms with Crippen LogP contribution < -0.4 is 4.74 Å². The van der Waals surface area contributed by atoms with Crippen molar-refractivity contribution in [1.29, 1.82) is 0 Å². The van der Waals surface area contributed by atoms with Gasteiger partial charge in [0, 0.05) is 22.8 Å². The number of rotatable bonds is 0. The summed E-state index contributed by atoms with van der Waals surface area (Å²) in [5.41, 5.74) is 1.47. The Labute approximate surface area is 113 Å². The van der Waals surface area contributed by atoms with E-state index in [1.807, 2.05) is 13.0 Å². The first-order valence-electron chi connectivity index (χ1n) is 6.55. The number of halogens is 2. The molecule has 0 saturated heterocycles. The van der Waals surface area contributed by atoms with Gasteiger partial charge in [0.2, 0.25) is 5.82 Å².